The normalized spacial score (nSPS) is 31.0. The lowest BCUT2D eigenvalue weighted by molar-refractivity contribution is -0.0751. The Kier molecular flexibility index (Phi) is 4.05. The number of hydrogen-bond acceptors (Lipinski definition) is 6. The van der Waals surface area contributed by atoms with Crippen LogP contribution in [0.2, 0.25) is 0 Å². The van der Waals surface area contributed by atoms with E-state index in [1.807, 2.05) is 0 Å². The molecule has 1 aliphatic heterocycles. The minimum absolute atomic E-state index is 0.0557. The fraction of sp³-hybridized carbons (Fsp3) is 0.467. The number of anilines is 1. The van der Waals surface area contributed by atoms with E-state index in [1.54, 1.807) is 19.2 Å². The maximum Gasteiger partial charge on any atom is 0.261 e. The van der Waals surface area contributed by atoms with Crippen LogP contribution in [0.4, 0.5) is 5.95 Å². The predicted octanol–water partition coefficient (Wildman–Crippen LogP) is -0.0532. The van der Waals surface area contributed by atoms with Crippen LogP contribution in [0.15, 0.2) is 17.1 Å². The molecule has 2 aromatic rings. The zero-order valence-electron chi connectivity index (χ0n) is 13.0. The Bertz CT molecular complexity index is 896. The van der Waals surface area contributed by atoms with Crippen LogP contribution in [-0.4, -0.2) is 47.9 Å². The van der Waals surface area contributed by atoms with Gasteiger partial charge < -0.3 is 25.3 Å². The lowest BCUT2D eigenvalue weighted by Crippen LogP contribution is -2.43. The van der Waals surface area contributed by atoms with Gasteiger partial charge in [0.2, 0.25) is 5.95 Å². The fourth-order valence-corrected chi connectivity index (χ4v) is 3.30. The molecule has 0 saturated carbocycles. The molecule has 128 valence electrons. The summed E-state index contributed by atoms with van der Waals surface area (Å²) in [7, 11) is 0. The monoisotopic (exact) mass is 352 g/mol. The Labute approximate surface area is 142 Å². The average molecular weight is 353 g/mol. The number of aliphatic hydroxyl groups excluding tert-OH is 2. The third-order valence-corrected chi connectivity index (χ3v) is 4.54. The Balaban J connectivity index is 2.20. The number of aromatic nitrogens is 3. The molecule has 5 atom stereocenters. The quantitative estimate of drug-likeness (QED) is 0.443. The van der Waals surface area contributed by atoms with Gasteiger partial charge in [0.05, 0.1) is 11.5 Å². The first-order valence-corrected chi connectivity index (χ1v) is 7.68. The van der Waals surface area contributed by atoms with Crippen LogP contribution in [0.3, 0.4) is 0 Å². The topological polar surface area (TPSA) is 126 Å². The highest BCUT2D eigenvalue weighted by atomic mass is 35.5. The molecule has 1 saturated heterocycles. The number of nitrogen functional groups attached to an aromatic ring is 1. The second-order valence-corrected chi connectivity index (χ2v) is 6.32. The third-order valence-electron chi connectivity index (χ3n) is 4.03. The van der Waals surface area contributed by atoms with E-state index in [9.17, 15) is 15.0 Å². The SMILES string of the molecule is CC#CC1(Cl)[C@@H](O)[C@@H]([C@H](C)O)O[C@H]1n1ccc2c(=O)[nH]c(N)nc21. The maximum absolute atomic E-state index is 12.0. The summed E-state index contributed by atoms with van der Waals surface area (Å²) in [5, 5.41) is 20.7. The number of halogens is 1. The number of aliphatic hydroxyl groups is 2. The van der Waals surface area contributed by atoms with Crippen molar-refractivity contribution >= 4 is 28.6 Å². The molecule has 1 unspecified atom stereocenters. The summed E-state index contributed by atoms with van der Waals surface area (Å²) in [6.07, 6.45) is -2.56. The molecule has 0 bridgehead atoms. The maximum atomic E-state index is 12.0. The highest BCUT2D eigenvalue weighted by Gasteiger charge is 2.57. The van der Waals surface area contributed by atoms with Gasteiger partial charge in [-0.2, -0.15) is 4.98 Å². The van der Waals surface area contributed by atoms with Gasteiger partial charge in [-0.1, -0.05) is 17.5 Å². The van der Waals surface area contributed by atoms with Gasteiger partial charge in [-0.25, -0.2) is 0 Å². The molecule has 5 N–H and O–H groups in total. The number of nitrogens with two attached hydrogens (primary N) is 1. The lowest BCUT2D eigenvalue weighted by Gasteiger charge is -2.26. The van der Waals surface area contributed by atoms with Gasteiger partial charge in [0.1, 0.15) is 12.2 Å². The van der Waals surface area contributed by atoms with Gasteiger partial charge in [0.15, 0.2) is 16.7 Å². The summed E-state index contributed by atoms with van der Waals surface area (Å²) < 4.78 is 7.26. The van der Waals surface area contributed by atoms with E-state index in [1.165, 1.54) is 11.5 Å². The van der Waals surface area contributed by atoms with E-state index in [0.29, 0.717) is 5.39 Å². The van der Waals surface area contributed by atoms with Gasteiger partial charge in [0, 0.05) is 6.20 Å². The van der Waals surface area contributed by atoms with E-state index in [0.717, 1.165) is 0 Å². The molecule has 2 aromatic heterocycles. The minimum atomic E-state index is -1.51. The molecule has 3 rings (SSSR count). The van der Waals surface area contributed by atoms with Gasteiger partial charge in [-0.15, -0.1) is 5.92 Å². The van der Waals surface area contributed by atoms with E-state index < -0.39 is 35.0 Å². The first kappa shape index (κ1) is 16.8. The van der Waals surface area contributed by atoms with Crippen molar-refractivity contribution in [2.24, 2.45) is 0 Å². The van der Waals surface area contributed by atoms with Crippen molar-refractivity contribution in [1.82, 2.24) is 14.5 Å². The molecule has 1 fully saturated rings. The summed E-state index contributed by atoms with van der Waals surface area (Å²) in [6.45, 7) is 3.07. The number of alkyl halides is 1. The van der Waals surface area contributed by atoms with E-state index >= 15 is 0 Å². The summed E-state index contributed by atoms with van der Waals surface area (Å²) in [4.78, 5) is 17.0. The summed E-state index contributed by atoms with van der Waals surface area (Å²) in [5.74, 6) is 5.37. The van der Waals surface area contributed by atoms with Crippen molar-refractivity contribution in [3.05, 3.63) is 22.6 Å². The van der Waals surface area contributed by atoms with Gasteiger partial charge in [-0.05, 0) is 19.9 Å². The average Bonchev–Trinajstić information content (AvgIpc) is 3.00. The second-order valence-electron chi connectivity index (χ2n) is 5.69. The minimum Gasteiger partial charge on any atom is -0.391 e. The molecule has 3 heterocycles. The molecule has 0 radical (unpaired) electrons. The van der Waals surface area contributed by atoms with Gasteiger partial charge >= 0.3 is 0 Å². The Hall–Kier alpha value is -2.05. The molecule has 0 amide bonds. The number of hydrogen-bond donors (Lipinski definition) is 4. The molecular weight excluding hydrogens is 336 g/mol. The van der Waals surface area contributed by atoms with E-state index in [4.69, 9.17) is 22.1 Å². The summed E-state index contributed by atoms with van der Waals surface area (Å²) in [5.41, 5.74) is 5.46. The number of nitrogens with zero attached hydrogens (tertiary/aromatic N) is 2. The first-order valence-electron chi connectivity index (χ1n) is 7.30. The number of H-pyrrole nitrogens is 1. The Morgan fingerprint density at radius 3 is 2.96 bits per heavy atom. The Morgan fingerprint density at radius 2 is 2.33 bits per heavy atom. The third kappa shape index (κ3) is 2.37. The zero-order valence-corrected chi connectivity index (χ0v) is 13.8. The van der Waals surface area contributed by atoms with Crippen molar-refractivity contribution in [2.45, 2.75) is 43.3 Å². The fourth-order valence-electron chi connectivity index (χ4n) is 2.93. The van der Waals surface area contributed by atoms with Crippen molar-refractivity contribution in [1.29, 1.82) is 0 Å². The molecule has 1 aliphatic rings. The van der Waals surface area contributed by atoms with E-state index in [2.05, 4.69) is 21.8 Å². The van der Waals surface area contributed by atoms with Crippen molar-refractivity contribution in [3.63, 3.8) is 0 Å². The number of rotatable bonds is 2. The number of nitrogens with one attached hydrogen (secondary N) is 1. The molecular formula is C15H17ClN4O4. The van der Waals surface area contributed by atoms with Gasteiger partial charge in [0.25, 0.3) is 5.56 Å². The lowest BCUT2D eigenvalue weighted by atomic mass is 9.97. The second kappa shape index (κ2) is 5.79. The largest absolute Gasteiger partial charge is 0.391 e. The first-order chi connectivity index (χ1) is 11.3. The molecule has 0 aliphatic carbocycles. The zero-order chi connectivity index (χ0) is 17.6. The number of aromatic amines is 1. The molecule has 0 aromatic carbocycles. The molecule has 24 heavy (non-hydrogen) atoms. The predicted molar refractivity (Wildman–Crippen MR) is 88.4 cm³/mol. The summed E-state index contributed by atoms with van der Waals surface area (Å²) >= 11 is 6.57. The van der Waals surface area contributed by atoms with Gasteiger partial charge in [-0.3, -0.25) is 9.78 Å². The molecule has 8 nitrogen and oxygen atoms in total. The van der Waals surface area contributed by atoms with Crippen LogP contribution in [-0.2, 0) is 4.74 Å². The highest BCUT2D eigenvalue weighted by molar-refractivity contribution is 6.27. The van der Waals surface area contributed by atoms with Crippen LogP contribution >= 0.6 is 11.6 Å². The van der Waals surface area contributed by atoms with Crippen LogP contribution in [0, 0.1) is 11.8 Å². The van der Waals surface area contributed by atoms with E-state index in [-0.39, 0.29) is 11.6 Å². The van der Waals surface area contributed by atoms with Crippen molar-refractivity contribution in [3.8, 4) is 11.8 Å². The van der Waals surface area contributed by atoms with Crippen LogP contribution in [0.5, 0.6) is 0 Å². The number of fused-ring (bicyclic) bond motifs is 1. The highest BCUT2D eigenvalue weighted by Crippen LogP contribution is 2.45. The smallest absolute Gasteiger partial charge is 0.261 e. The molecule has 0 spiro atoms. The number of ether oxygens (including phenoxy) is 1. The van der Waals surface area contributed by atoms with Crippen molar-refractivity contribution < 1.29 is 14.9 Å². The van der Waals surface area contributed by atoms with Crippen LogP contribution in [0.1, 0.15) is 20.1 Å². The van der Waals surface area contributed by atoms with Crippen LogP contribution in [0.25, 0.3) is 11.0 Å². The summed E-state index contributed by atoms with van der Waals surface area (Å²) in [6, 6.07) is 1.54. The Morgan fingerprint density at radius 1 is 1.62 bits per heavy atom. The molecule has 9 heteroatoms. The van der Waals surface area contributed by atoms with Crippen molar-refractivity contribution in [2.75, 3.05) is 5.73 Å². The van der Waals surface area contributed by atoms with Crippen LogP contribution < -0.4 is 11.3 Å². The standard InChI is InChI=1S/C15H17ClN4O4/c1-3-5-15(16)10(22)9(7(2)21)24-13(15)20-6-4-8-11(20)18-14(17)19-12(8)23/h4,6-7,9-10,13,21-22H,1-2H3,(H3,17,18,19,23)/t7-,9+,10-,13+,15?/m0/s1.